The van der Waals surface area contributed by atoms with Gasteiger partial charge in [0.25, 0.3) is 0 Å². The zero-order valence-corrected chi connectivity index (χ0v) is 18.4. The molecular formula is C26H39NO2. The van der Waals surface area contributed by atoms with Crippen LogP contribution in [0.3, 0.4) is 0 Å². The van der Waals surface area contributed by atoms with Gasteiger partial charge in [0.15, 0.2) is 0 Å². The van der Waals surface area contributed by atoms with Crippen LogP contribution >= 0.6 is 0 Å². The Morgan fingerprint density at radius 3 is 2.62 bits per heavy atom. The third-order valence-corrected chi connectivity index (χ3v) is 10.3. The first-order valence-electron chi connectivity index (χ1n) is 12.1. The fourth-order valence-corrected chi connectivity index (χ4v) is 8.35. The van der Waals surface area contributed by atoms with Crippen LogP contribution in [-0.4, -0.2) is 29.6 Å². The van der Waals surface area contributed by atoms with Gasteiger partial charge in [-0.15, -0.1) is 0 Å². The van der Waals surface area contributed by atoms with Gasteiger partial charge in [0, 0.05) is 24.3 Å². The monoisotopic (exact) mass is 397 g/mol. The van der Waals surface area contributed by atoms with Crippen LogP contribution in [0, 0.1) is 40.4 Å². The van der Waals surface area contributed by atoms with Gasteiger partial charge in [-0.25, -0.2) is 0 Å². The van der Waals surface area contributed by atoms with E-state index in [-0.39, 0.29) is 22.7 Å². The molecule has 0 bridgehead atoms. The molecule has 3 nitrogen and oxygen atoms in total. The van der Waals surface area contributed by atoms with Gasteiger partial charge in [0.05, 0.1) is 5.60 Å². The van der Waals surface area contributed by atoms with Crippen molar-refractivity contribution in [3.8, 4) is 0 Å². The van der Waals surface area contributed by atoms with Gasteiger partial charge in [-0.2, -0.15) is 0 Å². The molecule has 5 fully saturated rings. The zero-order valence-electron chi connectivity index (χ0n) is 18.4. The Morgan fingerprint density at radius 1 is 1.07 bits per heavy atom. The molecule has 0 radical (unpaired) electrons. The summed E-state index contributed by atoms with van der Waals surface area (Å²) in [6.45, 7) is 11.3. The predicted molar refractivity (Wildman–Crippen MR) is 116 cm³/mol. The van der Waals surface area contributed by atoms with Gasteiger partial charge in [0.2, 0.25) is 0 Å². The Balaban J connectivity index is 1.38. The largest absolute Gasteiger partial charge is 0.385 e. The fraction of sp³-hybridized carbons (Fsp3) is 0.808. The van der Waals surface area contributed by atoms with E-state index < -0.39 is 5.60 Å². The van der Waals surface area contributed by atoms with Crippen LogP contribution in [-0.2, 0) is 4.79 Å². The number of nitrogens with one attached hydrogen (secondary N) is 1. The second kappa shape index (κ2) is 6.79. The number of allylic oxidation sites excluding steroid dienone is 1. The minimum absolute atomic E-state index is 0.0824. The van der Waals surface area contributed by atoms with Crippen LogP contribution in [0.5, 0.6) is 0 Å². The van der Waals surface area contributed by atoms with Crippen molar-refractivity contribution >= 4 is 5.78 Å². The second-order valence-electron chi connectivity index (χ2n) is 11.5. The number of aliphatic hydroxyl groups is 1. The maximum atomic E-state index is 12.7. The van der Waals surface area contributed by atoms with Crippen LogP contribution < -0.4 is 5.32 Å². The summed E-state index contributed by atoms with van der Waals surface area (Å²) in [5, 5.41) is 15.6. The molecule has 0 aromatic heterocycles. The standard InChI is InChI=1S/C26H39NO2/c1-17-14-20-15-18(4-5-19-10-13-27-16-19)8-11-24(20,2)22-9-12-25(3)21(26(17,22)29)6-7-23(25)28/h4-5,18-22,27,29H,1,6-16H2,2-3H3/b5-4-/t18-,19+,20?,21-,22-,24+,25+,26+/m1/s1. The molecule has 8 atom stereocenters. The number of rotatable bonds is 2. The van der Waals surface area contributed by atoms with Crippen molar-refractivity contribution in [2.24, 2.45) is 40.4 Å². The average molecular weight is 398 g/mol. The third-order valence-electron chi connectivity index (χ3n) is 10.3. The van der Waals surface area contributed by atoms with Crippen LogP contribution in [0.4, 0.5) is 0 Å². The molecule has 4 saturated carbocycles. The lowest BCUT2D eigenvalue weighted by atomic mass is 9.42. The Hall–Kier alpha value is -0.930. The van der Waals surface area contributed by atoms with Crippen LogP contribution in [0.15, 0.2) is 24.3 Å². The van der Waals surface area contributed by atoms with Crippen LogP contribution in [0.2, 0.25) is 0 Å². The highest BCUT2D eigenvalue weighted by Gasteiger charge is 2.67. The minimum atomic E-state index is -0.831. The topological polar surface area (TPSA) is 49.3 Å². The van der Waals surface area contributed by atoms with E-state index in [1.54, 1.807) is 0 Å². The number of carbonyl (C=O) groups excluding carboxylic acids is 1. The molecule has 5 aliphatic rings. The summed E-state index contributed by atoms with van der Waals surface area (Å²) in [7, 11) is 0. The van der Waals surface area contributed by atoms with E-state index in [1.165, 1.54) is 25.7 Å². The van der Waals surface area contributed by atoms with E-state index in [1.807, 2.05) is 0 Å². The number of fused-ring (bicyclic) bond motifs is 5. The van der Waals surface area contributed by atoms with Crippen molar-refractivity contribution in [3.63, 3.8) is 0 Å². The highest BCUT2D eigenvalue weighted by Crippen LogP contribution is 2.68. The molecular weight excluding hydrogens is 358 g/mol. The fourth-order valence-electron chi connectivity index (χ4n) is 8.35. The molecule has 0 amide bonds. The van der Waals surface area contributed by atoms with Crippen molar-refractivity contribution in [3.05, 3.63) is 24.3 Å². The van der Waals surface area contributed by atoms with E-state index in [4.69, 9.17) is 0 Å². The normalized spacial score (nSPS) is 52.4. The summed E-state index contributed by atoms with van der Waals surface area (Å²) in [5.41, 5.74) is 0.0671. The maximum Gasteiger partial charge on any atom is 0.139 e. The van der Waals surface area contributed by atoms with E-state index in [2.05, 4.69) is 37.9 Å². The van der Waals surface area contributed by atoms with Crippen molar-refractivity contribution < 1.29 is 9.90 Å². The molecule has 0 aromatic carbocycles. The highest BCUT2D eigenvalue weighted by molar-refractivity contribution is 5.87. The van der Waals surface area contributed by atoms with Crippen molar-refractivity contribution in [2.45, 2.75) is 77.2 Å². The molecule has 1 saturated heterocycles. The number of carbonyl (C=O) groups is 1. The van der Waals surface area contributed by atoms with Gasteiger partial charge in [-0.05, 0) is 92.6 Å². The lowest BCUT2D eigenvalue weighted by Crippen LogP contribution is -2.64. The van der Waals surface area contributed by atoms with Crippen LogP contribution in [0.25, 0.3) is 0 Å². The lowest BCUT2D eigenvalue weighted by Gasteiger charge is -2.64. The maximum absolute atomic E-state index is 12.7. The molecule has 1 aliphatic heterocycles. The first kappa shape index (κ1) is 20.0. The SMILES string of the molecule is C=C1CC2C[C@H](/C=C\[C@H]3CCNC3)CC[C@]2(C)[C@H]2CC[C@]3(C)C(=O)CC[C@H]3[C@@]12O. The summed E-state index contributed by atoms with van der Waals surface area (Å²) in [5.74, 6) is 2.74. The Bertz CT molecular complexity index is 737. The molecule has 0 aromatic rings. The molecule has 1 unspecified atom stereocenters. The highest BCUT2D eigenvalue weighted by atomic mass is 16.3. The van der Waals surface area contributed by atoms with E-state index >= 15 is 0 Å². The summed E-state index contributed by atoms with van der Waals surface area (Å²) in [6, 6.07) is 0. The summed E-state index contributed by atoms with van der Waals surface area (Å²) >= 11 is 0. The lowest BCUT2D eigenvalue weighted by molar-refractivity contribution is -0.189. The molecule has 160 valence electrons. The van der Waals surface area contributed by atoms with Crippen LogP contribution in [0.1, 0.15) is 71.6 Å². The molecule has 4 aliphatic carbocycles. The first-order valence-corrected chi connectivity index (χ1v) is 12.1. The molecule has 1 heterocycles. The van der Waals surface area contributed by atoms with Gasteiger partial charge >= 0.3 is 0 Å². The molecule has 2 N–H and O–H groups in total. The second-order valence-corrected chi connectivity index (χ2v) is 11.5. The number of ketones is 1. The average Bonchev–Trinajstić information content (AvgIpc) is 3.31. The Labute approximate surface area is 176 Å². The van der Waals surface area contributed by atoms with Gasteiger partial charge in [0.1, 0.15) is 5.78 Å². The Kier molecular flexibility index (Phi) is 4.68. The summed E-state index contributed by atoms with van der Waals surface area (Å²) < 4.78 is 0. The molecule has 5 rings (SSSR count). The zero-order chi connectivity index (χ0) is 20.4. The Morgan fingerprint density at radius 2 is 1.86 bits per heavy atom. The van der Waals surface area contributed by atoms with Crippen molar-refractivity contribution in [2.75, 3.05) is 13.1 Å². The summed E-state index contributed by atoms with van der Waals surface area (Å²) in [6.07, 6.45) is 14.3. The van der Waals surface area contributed by atoms with E-state index in [0.717, 1.165) is 44.3 Å². The molecule has 3 heteroatoms. The van der Waals surface area contributed by atoms with Gasteiger partial charge in [-0.1, -0.05) is 32.6 Å². The third kappa shape index (κ3) is 2.79. The quantitative estimate of drug-likeness (QED) is 0.666. The van der Waals surface area contributed by atoms with E-state index in [9.17, 15) is 9.90 Å². The smallest absolute Gasteiger partial charge is 0.139 e. The predicted octanol–water partition coefficient (Wildman–Crippen LogP) is 4.66. The minimum Gasteiger partial charge on any atom is -0.385 e. The molecule has 29 heavy (non-hydrogen) atoms. The summed E-state index contributed by atoms with van der Waals surface area (Å²) in [4.78, 5) is 12.7. The van der Waals surface area contributed by atoms with Gasteiger partial charge < -0.3 is 10.4 Å². The number of hydrogen-bond acceptors (Lipinski definition) is 3. The molecule has 0 spiro atoms. The van der Waals surface area contributed by atoms with Gasteiger partial charge in [-0.3, -0.25) is 4.79 Å². The number of Topliss-reactive ketones (excluding diaryl/α,β-unsaturated/α-hetero) is 1. The van der Waals surface area contributed by atoms with E-state index in [0.29, 0.717) is 30.0 Å². The van der Waals surface area contributed by atoms with Crippen molar-refractivity contribution in [1.29, 1.82) is 0 Å². The van der Waals surface area contributed by atoms with Crippen molar-refractivity contribution in [1.82, 2.24) is 5.32 Å². The first-order chi connectivity index (χ1) is 13.8. The number of hydrogen-bond donors (Lipinski definition) is 2.